The Bertz CT molecular complexity index is 990. The van der Waals surface area contributed by atoms with E-state index in [0.29, 0.717) is 15.4 Å². The second-order valence-corrected chi connectivity index (χ2v) is 8.51. The van der Waals surface area contributed by atoms with Crippen LogP contribution in [-0.2, 0) is 19.3 Å². The molecule has 0 fully saturated rings. The number of anilines is 2. The maximum Gasteiger partial charge on any atom is 0.266 e. The van der Waals surface area contributed by atoms with E-state index in [2.05, 4.69) is 17.6 Å². The Hall–Kier alpha value is -2.44. The number of aryl methyl sites for hydroxylation is 2. The second-order valence-electron chi connectivity index (χ2n) is 6.46. The first-order valence-corrected chi connectivity index (χ1v) is 10.8. The van der Waals surface area contributed by atoms with Gasteiger partial charge < -0.3 is 10.6 Å². The molecule has 0 saturated carbocycles. The predicted molar refractivity (Wildman–Crippen MR) is 112 cm³/mol. The van der Waals surface area contributed by atoms with Crippen molar-refractivity contribution in [2.45, 2.75) is 32.6 Å². The maximum absolute atomic E-state index is 13.1. The lowest BCUT2D eigenvalue weighted by Crippen LogP contribution is -2.18. The van der Waals surface area contributed by atoms with Gasteiger partial charge in [0.1, 0.15) is 5.00 Å². The first-order chi connectivity index (χ1) is 13.2. The molecular formula is C21H20N2O2S2. The molecule has 4 nitrogen and oxygen atoms in total. The standard InChI is InChI=1S/C21H20N2O2S2/c1-2-13-7-3-4-9-15(13)22-20(25)18-14-8-5-10-16(14)27-21(18)23-19(24)17-11-6-12-26-17/h3-4,6-7,9,11-12H,2,5,8,10H2,1H3,(H,22,25)(H,23,24). The van der Waals surface area contributed by atoms with Crippen molar-refractivity contribution in [3.63, 3.8) is 0 Å². The van der Waals surface area contributed by atoms with Gasteiger partial charge in [0.05, 0.1) is 10.4 Å². The van der Waals surface area contributed by atoms with Gasteiger partial charge in [-0.05, 0) is 54.3 Å². The number of carbonyl (C=O) groups is 2. The summed E-state index contributed by atoms with van der Waals surface area (Å²) in [4.78, 5) is 27.5. The number of nitrogens with one attached hydrogen (secondary N) is 2. The van der Waals surface area contributed by atoms with Gasteiger partial charge in [0, 0.05) is 10.6 Å². The van der Waals surface area contributed by atoms with Gasteiger partial charge in [-0.3, -0.25) is 9.59 Å². The van der Waals surface area contributed by atoms with Gasteiger partial charge in [-0.15, -0.1) is 22.7 Å². The smallest absolute Gasteiger partial charge is 0.266 e. The first-order valence-electron chi connectivity index (χ1n) is 9.06. The Balaban J connectivity index is 1.65. The molecule has 0 aliphatic heterocycles. The van der Waals surface area contributed by atoms with Gasteiger partial charge in [-0.25, -0.2) is 0 Å². The van der Waals surface area contributed by atoms with Crippen LogP contribution < -0.4 is 10.6 Å². The number of hydrogen-bond acceptors (Lipinski definition) is 4. The molecule has 4 rings (SSSR count). The Morgan fingerprint density at radius 3 is 2.67 bits per heavy atom. The van der Waals surface area contributed by atoms with E-state index >= 15 is 0 Å². The summed E-state index contributed by atoms with van der Waals surface area (Å²) in [6.45, 7) is 2.07. The molecule has 0 bridgehead atoms. The molecular weight excluding hydrogens is 376 g/mol. The van der Waals surface area contributed by atoms with Crippen LogP contribution in [0.3, 0.4) is 0 Å². The van der Waals surface area contributed by atoms with Crippen molar-refractivity contribution in [3.05, 3.63) is 68.2 Å². The molecule has 138 valence electrons. The normalized spacial score (nSPS) is 12.6. The van der Waals surface area contributed by atoms with Crippen LogP contribution in [0.4, 0.5) is 10.7 Å². The van der Waals surface area contributed by atoms with Crippen LogP contribution in [0.25, 0.3) is 0 Å². The van der Waals surface area contributed by atoms with Crippen LogP contribution >= 0.6 is 22.7 Å². The Kier molecular flexibility index (Phi) is 5.09. The molecule has 0 spiro atoms. The molecule has 0 unspecified atom stereocenters. The molecule has 27 heavy (non-hydrogen) atoms. The quantitative estimate of drug-likeness (QED) is 0.609. The highest BCUT2D eigenvalue weighted by molar-refractivity contribution is 7.17. The summed E-state index contributed by atoms with van der Waals surface area (Å²) in [7, 11) is 0. The lowest BCUT2D eigenvalue weighted by molar-refractivity contribution is 0.102. The largest absolute Gasteiger partial charge is 0.322 e. The molecule has 1 aliphatic rings. The molecule has 2 heterocycles. The third-order valence-corrected chi connectivity index (χ3v) is 6.84. The highest BCUT2D eigenvalue weighted by Crippen LogP contribution is 2.40. The van der Waals surface area contributed by atoms with Crippen molar-refractivity contribution in [2.75, 3.05) is 10.6 Å². The van der Waals surface area contributed by atoms with Gasteiger partial charge in [0.25, 0.3) is 11.8 Å². The molecule has 0 saturated heterocycles. The number of amides is 2. The monoisotopic (exact) mass is 396 g/mol. The lowest BCUT2D eigenvalue weighted by atomic mass is 10.1. The van der Waals surface area contributed by atoms with E-state index in [4.69, 9.17) is 0 Å². The highest BCUT2D eigenvalue weighted by atomic mass is 32.1. The summed E-state index contributed by atoms with van der Waals surface area (Å²) in [6.07, 6.45) is 3.77. The van der Waals surface area contributed by atoms with Crippen molar-refractivity contribution in [3.8, 4) is 0 Å². The fraction of sp³-hybridized carbons (Fsp3) is 0.238. The number of rotatable bonds is 5. The van der Waals surface area contributed by atoms with Crippen molar-refractivity contribution >= 4 is 45.2 Å². The Labute approximate surface area is 166 Å². The average molecular weight is 397 g/mol. The topological polar surface area (TPSA) is 58.2 Å². The molecule has 1 aromatic carbocycles. The van der Waals surface area contributed by atoms with Gasteiger partial charge in [0.15, 0.2) is 0 Å². The van der Waals surface area contributed by atoms with Crippen LogP contribution in [0.5, 0.6) is 0 Å². The fourth-order valence-electron chi connectivity index (χ4n) is 3.44. The van der Waals surface area contributed by atoms with E-state index in [9.17, 15) is 9.59 Å². The van der Waals surface area contributed by atoms with Crippen LogP contribution in [0, 0.1) is 0 Å². The molecule has 1 aliphatic carbocycles. The molecule has 6 heteroatoms. The number of carbonyl (C=O) groups excluding carboxylic acids is 2. The van der Waals surface area contributed by atoms with E-state index in [1.807, 2.05) is 35.7 Å². The maximum atomic E-state index is 13.1. The van der Waals surface area contributed by atoms with Crippen molar-refractivity contribution in [1.82, 2.24) is 0 Å². The zero-order chi connectivity index (χ0) is 18.8. The lowest BCUT2D eigenvalue weighted by Gasteiger charge is -2.12. The molecule has 2 aromatic heterocycles. The molecule has 2 N–H and O–H groups in total. The second kappa shape index (κ2) is 7.66. The predicted octanol–water partition coefficient (Wildman–Crippen LogP) is 5.37. The van der Waals surface area contributed by atoms with Crippen LogP contribution in [0.2, 0.25) is 0 Å². The summed E-state index contributed by atoms with van der Waals surface area (Å²) in [5.41, 5.74) is 3.65. The highest BCUT2D eigenvalue weighted by Gasteiger charge is 2.28. The number of fused-ring (bicyclic) bond motifs is 1. The van der Waals surface area contributed by atoms with E-state index < -0.39 is 0 Å². The minimum absolute atomic E-state index is 0.142. The first kappa shape index (κ1) is 17.9. The summed E-state index contributed by atoms with van der Waals surface area (Å²) < 4.78 is 0. The van der Waals surface area contributed by atoms with Gasteiger partial charge in [-0.2, -0.15) is 0 Å². The molecule has 3 aromatic rings. The summed E-state index contributed by atoms with van der Waals surface area (Å²) in [5, 5.41) is 8.56. The Morgan fingerprint density at radius 1 is 1.04 bits per heavy atom. The van der Waals surface area contributed by atoms with Gasteiger partial charge in [-0.1, -0.05) is 31.2 Å². The van der Waals surface area contributed by atoms with E-state index in [-0.39, 0.29) is 11.8 Å². The van der Waals surface area contributed by atoms with Gasteiger partial charge in [0.2, 0.25) is 0 Å². The zero-order valence-electron chi connectivity index (χ0n) is 15.0. The third-order valence-electron chi connectivity index (χ3n) is 4.77. The molecule has 2 amide bonds. The van der Waals surface area contributed by atoms with E-state index in [0.717, 1.165) is 42.5 Å². The van der Waals surface area contributed by atoms with Crippen molar-refractivity contribution in [2.24, 2.45) is 0 Å². The minimum Gasteiger partial charge on any atom is -0.322 e. The van der Waals surface area contributed by atoms with Crippen molar-refractivity contribution < 1.29 is 9.59 Å². The SMILES string of the molecule is CCc1ccccc1NC(=O)c1c(NC(=O)c2cccs2)sc2c1CCC2. The average Bonchev–Trinajstić information content (AvgIpc) is 3.39. The van der Waals surface area contributed by atoms with Crippen LogP contribution in [0.1, 0.15) is 49.4 Å². The zero-order valence-corrected chi connectivity index (χ0v) is 16.6. The fourth-order valence-corrected chi connectivity index (χ4v) is 5.34. The summed E-state index contributed by atoms with van der Waals surface area (Å²) in [5.74, 6) is -0.301. The molecule has 0 atom stereocenters. The van der Waals surface area contributed by atoms with Crippen molar-refractivity contribution in [1.29, 1.82) is 0 Å². The van der Waals surface area contributed by atoms with Crippen LogP contribution in [-0.4, -0.2) is 11.8 Å². The number of hydrogen-bond donors (Lipinski definition) is 2. The van der Waals surface area contributed by atoms with E-state index in [1.54, 1.807) is 6.07 Å². The number of benzene rings is 1. The molecule has 0 radical (unpaired) electrons. The third kappa shape index (κ3) is 3.55. The Morgan fingerprint density at radius 2 is 1.89 bits per heavy atom. The summed E-state index contributed by atoms with van der Waals surface area (Å²) in [6, 6.07) is 11.5. The summed E-state index contributed by atoms with van der Waals surface area (Å²) >= 11 is 2.93. The van der Waals surface area contributed by atoms with Gasteiger partial charge >= 0.3 is 0 Å². The minimum atomic E-state index is -0.159. The van der Waals surface area contributed by atoms with E-state index in [1.165, 1.54) is 27.6 Å². The number of para-hydroxylation sites is 1. The number of thiophene rings is 2. The van der Waals surface area contributed by atoms with Crippen LogP contribution in [0.15, 0.2) is 41.8 Å².